The van der Waals surface area contributed by atoms with Crippen molar-refractivity contribution in [3.05, 3.63) is 24.0 Å². The van der Waals surface area contributed by atoms with Crippen LogP contribution in [-0.4, -0.2) is 81.0 Å². The van der Waals surface area contributed by atoms with E-state index in [9.17, 15) is 14.4 Å². The first-order chi connectivity index (χ1) is 14.5. The van der Waals surface area contributed by atoms with Crippen LogP contribution in [0.1, 0.15) is 43.0 Å². The second-order valence-electron chi connectivity index (χ2n) is 7.97. The van der Waals surface area contributed by atoms with E-state index < -0.39 is 0 Å². The third-order valence-corrected chi connectivity index (χ3v) is 6.18. The highest BCUT2D eigenvalue weighted by molar-refractivity contribution is 5.94. The first-order valence-corrected chi connectivity index (χ1v) is 10.2. The fraction of sp³-hybridized carbons (Fsp3) is 0.600. The molecule has 0 aromatic carbocycles. The van der Waals surface area contributed by atoms with Gasteiger partial charge in [-0.15, -0.1) is 0 Å². The number of rotatable bonds is 3. The van der Waals surface area contributed by atoms with E-state index in [1.54, 1.807) is 6.07 Å². The Morgan fingerprint density at radius 1 is 1.30 bits per heavy atom. The molecule has 30 heavy (non-hydrogen) atoms. The molecule has 3 saturated heterocycles. The van der Waals surface area contributed by atoms with Crippen molar-refractivity contribution in [1.29, 1.82) is 0 Å². The minimum absolute atomic E-state index is 0.0338. The lowest BCUT2D eigenvalue weighted by molar-refractivity contribution is -0.151. The van der Waals surface area contributed by atoms with Crippen molar-refractivity contribution in [1.82, 2.24) is 25.3 Å². The molecule has 3 fully saturated rings. The summed E-state index contributed by atoms with van der Waals surface area (Å²) in [5.74, 6) is 0.528. The summed E-state index contributed by atoms with van der Waals surface area (Å²) in [5.41, 5.74) is 0.542. The Kier molecular flexibility index (Phi) is 6.96. The predicted octanol–water partition coefficient (Wildman–Crippen LogP) is 0.155. The number of piperidine rings is 3. The first-order valence-electron chi connectivity index (χ1n) is 10.2. The third kappa shape index (κ3) is 4.58. The summed E-state index contributed by atoms with van der Waals surface area (Å²) in [4.78, 5) is 49.4. The Balaban J connectivity index is 0.000000806. The maximum atomic E-state index is 12.9. The van der Waals surface area contributed by atoms with Gasteiger partial charge in [-0.25, -0.2) is 0 Å². The second kappa shape index (κ2) is 9.64. The Morgan fingerprint density at radius 3 is 2.70 bits per heavy atom. The second-order valence-corrected chi connectivity index (χ2v) is 7.97. The number of amides is 3. The molecule has 162 valence electrons. The zero-order valence-corrected chi connectivity index (χ0v) is 16.9. The summed E-state index contributed by atoms with van der Waals surface area (Å²) in [5, 5.41) is 17.3. The molecule has 0 radical (unpaired) electrons. The largest absolute Gasteiger partial charge is 0.483 e. The molecule has 3 aliphatic rings. The molecule has 0 spiro atoms. The minimum atomic E-state index is -0.250. The quantitative estimate of drug-likeness (QED) is 0.669. The molecule has 2 N–H and O–H groups in total. The van der Waals surface area contributed by atoms with Crippen LogP contribution in [0.4, 0.5) is 0 Å². The van der Waals surface area contributed by atoms with E-state index in [1.165, 1.54) is 19.3 Å². The van der Waals surface area contributed by atoms with Gasteiger partial charge in [-0.1, -0.05) is 0 Å². The van der Waals surface area contributed by atoms with Crippen LogP contribution in [0, 0.1) is 11.8 Å². The van der Waals surface area contributed by atoms with Crippen molar-refractivity contribution in [2.24, 2.45) is 11.8 Å². The van der Waals surface area contributed by atoms with Gasteiger partial charge in [0.05, 0.1) is 24.0 Å². The van der Waals surface area contributed by atoms with Gasteiger partial charge in [0.15, 0.2) is 0 Å². The molecule has 10 nitrogen and oxygen atoms in total. The van der Waals surface area contributed by atoms with E-state index in [2.05, 4.69) is 15.5 Å². The maximum absolute atomic E-state index is 12.9. The van der Waals surface area contributed by atoms with E-state index in [-0.39, 0.29) is 42.2 Å². The van der Waals surface area contributed by atoms with Gasteiger partial charge in [-0.3, -0.25) is 19.2 Å². The number of hydrogen-bond acceptors (Lipinski definition) is 6. The normalized spacial score (nSPS) is 27.3. The fourth-order valence-electron chi connectivity index (χ4n) is 5.05. The molecule has 3 amide bonds. The molecule has 0 saturated carbocycles. The summed E-state index contributed by atoms with van der Waals surface area (Å²) < 4.78 is 0. The van der Waals surface area contributed by atoms with Crippen LogP contribution < -0.4 is 5.32 Å². The summed E-state index contributed by atoms with van der Waals surface area (Å²) in [6.45, 7) is 2.96. The highest BCUT2D eigenvalue weighted by Crippen LogP contribution is 2.41. The molecule has 2 bridgehead atoms. The molecular formula is C20H27N5O5. The number of carbonyl (C=O) groups is 4. The Bertz CT molecular complexity index is 789. The highest BCUT2D eigenvalue weighted by Gasteiger charge is 2.50. The van der Waals surface area contributed by atoms with Gasteiger partial charge in [0.25, 0.3) is 12.4 Å². The Morgan fingerprint density at radius 2 is 2.03 bits per heavy atom. The van der Waals surface area contributed by atoms with E-state index in [1.807, 2.05) is 9.80 Å². The predicted molar refractivity (Wildman–Crippen MR) is 105 cm³/mol. The highest BCUT2D eigenvalue weighted by atomic mass is 16.3. The maximum Gasteiger partial charge on any atom is 0.290 e. The average Bonchev–Trinajstić information content (AvgIpc) is 2.74. The van der Waals surface area contributed by atoms with Crippen molar-refractivity contribution in [3.8, 4) is 0 Å². The van der Waals surface area contributed by atoms with E-state index in [0.29, 0.717) is 37.5 Å². The number of likely N-dealkylation sites (tertiary alicyclic amines) is 1. The number of nitrogens with zero attached hydrogens (tertiary/aromatic N) is 4. The number of fused-ring (bicyclic) bond motifs is 4. The Labute approximate surface area is 174 Å². The summed E-state index contributed by atoms with van der Waals surface area (Å²) in [7, 11) is 0. The zero-order valence-electron chi connectivity index (χ0n) is 16.9. The molecule has 1 aromatic heterocycles. The fourth-order valence-corrected chi connectivity index (χ4v) is 5.05. The molecule has 10 heteroatoms. The van der Waals surface area contributed by atoms with Gasteiger partial charge in [-0.05, 0) is 37.2 Å². The topological polar surface area (TPSA) is 133 Å². The monoisotopic (exact) mass is 417 g/mol. The van der Waals surface area contributed by atoms with Crippen molar-refractivity contribution in [3.63, 3.8) is 0 Å². The van der Waals surface area contributed by atoms with Crippen LogP contribution in [0.25, 0.3) is 0 Å². The van der Waals surface area contributed by atoms with Gasteiger partial charge < -0.3 is 20.2 Å². The van der Waals surface area contributed by atoms with Crippen molar-refractivity contribution in [2.45, 2.75) is 44.7 Å². The van der Waals surface area contributed by atoms with E-state index >= 15 is 0 Å². The lowest BCUT2D eigenvalue weighted by Crippen LogP contribution is -2.67. The number of aromatic nitrogens is 2. The van der Waals surface area contributed by atoms with Crippen LogP contribution in [0.3, 0.4) is 0 Å². The van der Waals surface area contributed by atoms with Crippen molar-refractivity contribution < 1.29 is 24.3 Å². The van der Waals surface area contributed by atoms with Gasteiger partial charge in [0.2, 0.25) is 11.8 Å². The van der Waals surface area contributed by atoms with Crippen LogP contribution in [0.5, 0.6) is 0 Å². The Hall–Kier alpha value is -3.04. The number of carboxylic acid groups (broad SMARTS) is 1. The minimum Gasteiger partial charge on any atom is -0.483 e. The van der Waals surface area contributed by atoms with Gasteiger partial charge in [0.1, 0.15) is 0 Å². The lowest BCUT2D eigenvalue weighted by atomic mass is 9.72. The SMILES string of the molecule is CC(=O)NC[C@H]1[C@H]2C[C@H](CN(C(=O)c3ccnnc3)C2)[C@@H]2CCCC(=O)N21.O=CO. The van der Waals surface area contributed by atoms with Gasteiger partial charge in [0, 0.05) is 39.0 Å². The average molecular weight is 417 g/mol. The first kappa shape index (κ1) is 21.7. The zero-order chi connectivity index (χ0) is 21.7. The van der Waals surface area contributed by atoms with Crippen LogP contribution >= 0.6 is 0 Å². The van der Waals surface area contributed by atoms with Gasteiger partial charge >= 0.3 is 0 Å². The number of nitrogens with one attached hydrogen (secondary N) is 1. The van der Waals surface area contributed by atoms with Crippen LogP contribution in [-0.2, 0) is 14.4 Å². The number of hydrogen-bond donors (Lipinski definition) is 2. The molecular weight excluding hydrogens is 390 g/mol. The molecule has 4 heterocycles. The molecule has 4 atom stereocenters. The summed E-state index contributed by atoms with van der Waals surface area (Å²) in [6.07, 6.45) is 6.47. The number of carbonyl (C=O) groups excluding carboxylic acids is 3. The lowest BCUT2D eigenvalue weighted by Gasteiger charge is -2.56. The summed E-state index contributed by atoms with van der Waals surface area (Å²) in [6, 6.07) is 1.80. The third-order valence-electron chi connectivity index (χ3n) is 6.18. The molecule has 3 aliphatic heterocycles. The van der Waals surface area contributed by atoms with Gasteiger partial charge in [-0.2, -0.15) is 10.2 Å². The molecule has 0 aliphatic carbocycles. The van der Waals surface area contributed by atoms with Crippen LogP contribution in [0.15, 0.2) is 18.5 Å². The van der Waals surface area contributed by atoms with E-state index in [4.69, 9.17) is 9.90 Å². The summed E-state index contributed by atoms with van der Waals surface area (Å²) >= 11 is 0. The van der Waals surface area contributed by atoms with Crippen molar-refractivity contribution in [2.75, 3.05) is 19.6 Å². The standard InChI is InChI=1S/C19H25N5O3.CH2O2/c1-12(25)20-9-17-15-7-14(16-3-2-4-18(26)24(16)17)10-23(11-15)19(27)13-5-6-21-22-8-13;2-1-3/h5-6,8,14-17H,2-4,7,9-11H2,1H3,(H,20,25);1H,(H,2,3)/t14-,15+,16+,17+;/m1./s1. The molecule has 1 aromatic rings. The smallest absolute Gasteiger partial charge is 0.290 e. The molecule has 0 unspecified atom stereocenters. The molecule has 4 rings (SSSR count). The van der Waals surface area contributed by atoms with Crippen LogP contribution in [0.2, 0.25) is 0 Å². The van der Waals surface area contributed by atoms with Crippen molar-refractivity contribution >= 4 is 24.2 Å². The van der Waals surface area contributed by atoms with E-state index in [0.717, 1.165) is 19.3 Å².